The molecule has 0 aromatic heterocycles. The molecule has 0 aromatic carbocycles. The lowest BCUT2D eigenvalue weighted by molar-refractivity contribution is -0.156. The minimum absolute atomic E-state index is 0.0382. The number of rotatable bonds is 5. The van der Waals surface area contributed by atoms with Gasteiger partial charge in [0.05, 0.1) is 0 Å². The summed E-state index contributed by atoms with van der Waals surface area (Å²) in [6.45, 7) is 5.57. The van der Waals surface area contributed by atoms with Crippen LogP contribution in [-0.2, 0) is 14.4 Å². The molecule has 0 spiro atoms. The van der Waals surface area contributed by atoms with Gasteiger partial charge in [0, 0.05) is 32.6 Å². The van der Waals surface area contributed by atoms with Crippen molar-refractivity contribution in [3.63, 3.8) is 0 Å². The summed E-state index contributed by atoms with van der Waals surface area (Å²) in [5, 5.41) is 0. The second-order valence-corrected chi connectivity index (χ2v) is 4.04. The molecule has 0 atom stereocenters. The van der Waals surface area contributed by atoms with E-state index >= 15 is 0 Å². The molecule has 90 valence electrons. The van der Waals surface area contributed by atoms with Crippen LogP contribution in [0.3, 0.4) is 0 Å². The minimum Gasteiger partial charge on any atom is -0.333 e. The molecule has 0 aromatic rings. The van der Waals surface area contributed by atoms with Gasteiger partial charge in [0.25, 0.3) is 0 Å². The fourth-order valence-corrected chi connectivity index (χ4v) is 1.70. The van der Waals surface area contributed by atoms with Crippen LogP contribution in [0.1, 0.15) is 26.7 Å². The Morgan fingerprint density at radius 2 is 1.62 bits per heavy atom. The smallest absolute Gasteiger partial charge is 0.312 e. The largest absolute Gasteiger partial charge is 0.333 e. The molecule has 0 unspecified atom stereocenters. The molecular formula is C11H18N2O3. The van der Waals surface area contributed by atoms with E-state index in [0.29, 0.717) is 32.6 Å². The fourth-order valence-electron chi connectivity index (χ4n) is 1.70. The third kappa shape index (κ3) is 3.05. The summed E-state index contributed by atoms with van der Waals surface area (Å²) in [6.07, 6.45) is 1.18. The summed E-state index contributed by atoms with van der Waals surface area (Å²) in [5.74, 6) is -0.867. The predicted octanol–water partition coefficient (Wildman–Crippen LogP) is 0.0463. The van der Waals surface area contributed by atoms with Crippen molar-refractivity contribution in [1.29, 1.82) is 0 Å². The van der Waals surface area contributed by atoms with Crippen molar-refractivity contribution in [3.05, 3.63) is 0 Å². The van der Waals surface area contributed by atoms with Crippen LogP contribution in [0.5, 0.6) is 0 Å². The molecule has 1 fully saturated rings. The van der Waals surface area contributed by atoms with Gasteiger partial charge in [-0.25, -0.2) is 0 Å². The molecule has 5 heteroatoms. The van der Waals surface area contributed by atoms with Crippen LogP contribution in [0.2, 0.25) is 0 Å². The Hall–Kier alpha value is -1.39. The highest BCUT2D eigenvalue weighted by Crippen LogP contribution is 2.06. The van der Waals surface area contributed by atoms with Gasteiger partial charge in [-0.15, -0.1) is 0 Å². The van der Waals surface area contributed by atoms with Crippen LogP contribution in [-0.4, -0.2) is 53.6 Å². The summed E-state index contributed by atoms with van der Waals surface area (Å²) in [4.78, 5) is 37.1. The van der Waals surface area contributed by atoms with Gasteiger partial charge in [0.2, 0.25) is 0 Å². The van der Waals surface area contributed by atoms with Crippen LogP contribution in [0, 0.1) is 0 Å². The van der Waals surface area contributed by atoms with Crippen molar-refractivity contribution >= 4 is 17.6 Å². The average molecular weight is 226 g/mol. The van der Waals surface area contributed by atoms with Crippen LogP contribution in [0.25, 0.3) is 0 Å². The van der Waals surface area contributed by atoms with Gasteiger partial charge in [0.1, 0.15) is 5.78 Å². The SMILES string of the molecule is CCCN1CCN(CCC(C)=O)C(=O)C1=O. The molecule has 0 bridgehead atoms. The number of carbonyl (C=O) groups is 3. The first-order chi connectivity index (χ1) is 7.56. The summed E-state index contributed by atoms with van der Waals surface area (Å²) in [7, 11) is 0. The van der Waals surface area contributed by atoms with Crippen molar-refractivity contribution in [1.82, 2.24) is 9.80 Å². The first-order valence-corrected chi connectivity index (χ1v) is 5.64. The van der Waals surface area contributed by atoms with Gasteiger partial charge in [-0.2, -0.15) is 0 Å². The highest BCUT2D eigenvalue weighted by Gasteiger charge is 2.31. The Morgan fingerprint density at radius 1 is 1.12 bits per heavy atom. The fraction of sp³-hybridized carbons (Fsp3) is 0.727. The van der Waals surface area contributed by atoms with E-state index < -0.39 is 11.8 Å². The minimum atomic E-state index is -0.471. The highest BCUT2D eigenvalue weighted by molar-refractivity contribution is 6.35. The molecule has 1 aliphatic heterocycles. The molecule has 0 N–H and O–H groups in total. The molecule has 2 amide bonds. The molecule has 1 saturated heterocycles. The van der Waals surface area contributed by atoms with Crippen molar-refractivity contribution in [2.45, 2.75) is 26.7 Å². The lowest BCUT2D eigenvalue weighted by Gasteiger charge is -2.33. The lowest BCUT2D eigenvalue weighted by atomic mass is 10.2. The Morgan fingerprint density at radius 3 is 2.06 bits per heavy atom. The van der Waals surface area contributed by atoms with Crippen molar-refractivity contribution in [2.75, 3.05) is 26.2 Å². The quantitative estimate of drug-likeness (QED) is 0.622. The van der Waals surface area contributed by atoms with Gasteiger partial charge >= 0.3 is 11.8 Å². The molecular weight excluding hydrogens is 208 g/mol. The van der Waals surface area contributed by atoms with Gasteiger partial charge < -0.3 is 9.80 Å². The van der Waals surface area contributed by atoms with E-state index in [1.165, 1.54) is 11.8 Å². The van der Waals surface area contributed by atoms with E-state index in [-0.39, 0.29) is 5.78 Å². The average Bonchev–Trinajstić information content (AvgIpc) is 2.24. The number of carbonyl (C=O) groups excluding carboxylic acids is 3. The van der Waals surface area contributed by atoms with Crippen LogP contribution in [0.15, 0.2) is 0 Å². The number of amides is 2. The van der Waals surface area contributed by atoms with E-state index in [9.17, 15) is 14.4 Å². The molecule has 16 heavy (non-hydrogen) atoms. The second-order valence-electron chi connectivity index (χ2n) is 4.04. The van der Waals surface area contributed by atoms with Crippen molar-refractivity contribution < 1.29 is 14.4 Å². The van der Waals surface area contributed by atoms with E-state index in [1.54, 1.807) is 4.90 Å². The third-order valence-electron chi connectivity index (χ3n) is 2.62. The zero-order valence-corrected chi connectivity index (χ0v) is 9.86. The summed E-state index contributed by atoms with van der Waals surface area (Å²) in [5.41, 5.74) is 0. The topological polar surface area (TPSA) is 57.7 Å². The molecule has 0 saturated carbocycles. The number of hydrogen-bond donors (Lipinski definition) is 0. The molecule has 1 rings (SSSR count). The number of hydrogen-bond acceptors (Lipinski definition) is 3. The summed E-state index contributed by atoms with van der Waals surface area (Å²) < 4.78 is 0. The Bertz CT molecular complexity index is 302. The van der Waals surface area contributed by atoms with Gasteiger partial charge in [-0.3, -0.25) is 14.4 Å². The highest BCUT2D eigenvalue weighted by atomic mass is 16.2. The van der Waals surface area contributed by atoms with Gasteiger partial charge in [0.15, 0.2) is 0 Å². The van der Waals surface area contributed by atoms with E-state index in [0.717, 1.165) is 6.42 Å². The molecule has 1 heterocycles. The van der Waals surface area contributed by atoms with Crippen LogP contribution < -0.4 is 0 Å². The Labute approximate surface area is 95.4 Å². The van der Waals surface area contributed by atoms with Crippen LogP contribution in [0.4, 0.5) is 0 Å². The third-order valence-corrected chi connectivity index (χ3v) is 2.62. The lowest BCUT2D eigenvalue weighted by Crippen LogP contribution is -2.54. The maximum Gasteiger partial charge on any atom is 0.312 e. The molecule has 0 radical (unpaired) electrons. The first kappa shape index (κ1) is 12.7. The number of nitrogens with zero attached hydrogens (tertiary/aromatic N) is 2. The van der Waals surface area contributed by atoms with Crippen molar-refractivity contribution in [3.8, 4) is 0 Å². The van der Waals surface area contributed by atoms with Crippen LogP contribution >= 0.6 is 0 Å². The molecule has 1 aliphatic rings. The number of ketones is 1. The molecule has 0 aliphatic carbocycles. The van der Waals surface area contributed by atoms with E-state index in [2.05, 4.69) is 0 Å². The first-order valence-electron chi connectivity index (χ1n) is 5.64. The monoisotopic (exact) mass is 226 g/mol. The number of piperazine rings is 1. The predicted molar refractivity (Wildman–Crippen MR) is 58.7 cm³/mol. The summed E-state index contributed by atoms with van der Waals surface area (Å²) in [6, 6.07) is 0. The molecule has 5 nitrogen and oxygen atoms in total. The Kier molecular flexibility index (Phi) is 4.46. The number of Topliss-reactive ketones (excluding diaryl/α,β-unsaturated/α-hetero) is 1. The van der Waals surface area contributed by atoms with E-state index in [4.69, 9.17) is 0 Å². The van der Waals surface area contributed by atoms with Gasteiger partial charge in [-0.1, -0.05) is 6.92 Å². The second kappa shape index (κ2) is 5.63. The zero-order chi connectivity index (χ0) is 12.1. The Balaban J connectivity index is 2.51. The maximum absolute atomic E-state index is 11.6. The maximum atomic E-state index is 11.6. The summed E-state index contributed by atoms with van der Waals surface area (Å²) >= 11 is 0. The zero-order valence-electron chi connectivity index (χ0n) is 9.86. The normalized spacial score (nSPS) is 16.9. The van der Waals surface area contributed by atoms with Gasteiger partial charge in [-0.05, 0) is 13.3 Å². The van der Waals surface area contributed by atoms with Crippen molar-refractivity contribution in [2.24, 2.45) is 0 Å². The van der Waals surface area contributed by atoms with E-state index in [1.807, 2.05) is 6.92 Å². The standard InChI is InChI=1S/C11H18N2O3/c1-3-5-12-7-8-13(6-4-9(2)14)11(16)10(12)15/h3-8H2,1-2H3.